The summed E-state index contributed by atoms with van der Waals surface area (Å²) < 4.78 is 5.76. The zero-order valence-electron chi connectivity index (χ0n) is 11.9. The number of aryl methyl sites for hydroxylation is 2. The van der Waals surface area contributed by atoms with Gasteiger partial charge in [0.1, 0.15) is 0 Å². The number of nitrogens with zero attached hydrogens (tertiary/aromatic N) is 1. The molecule has 0 radical (unpaired) electrons. The fourth-order valence-corrected chi connectivity index (χ4v) is 3.43. The van der Waals surface area contributed by atoms with Crippen molar-refractivity contribution in [3.05, 3.63) is 22.3 Å². The summed E-state index contributed by atoms with van der Waals surface area (Å²) in [6.07, 6.45) is 0.478. The van der Waals surface area contributed by atoms with Gasteiger partial charge in [-0.05, 0) is 49.4 Å². The number of carbonyl (C=O) groups excluding carboxylic acids is 1. The molecule has 0 saturated carbocycles. The van der Waals surface area contributed by atoms with E-state index in [0.29, 0.717) is 5.13 Å². The third-order valence-corrected chi connectivity index (χ3v) is 4.61. The molecule has 1 heterocycles. The van der Waals surface area contributed by atoms with Gasteiger partial charge in [0.25, 0.3) is 0 Å². The van der Waals surface area contributed by atoms with E-state index in [0.717, 1.165) is 16.6 Å². The molecule has 0 aliphatic heterocycles. The van der Waals surface area contributed by atoms with Crippen LogP contribution in [0.5, 0.6) is 0 Å². The lowest BCUT2D eigenvalue weighted by atomic mass is 9.96. The molecule has 1 N–H and O–H groups in total. The van der Waals surface area contributed by atoms with Crippen LogP contribution in [0.25, 0.3) is 10.2 Å². The van der Waals surface area contributed by atoms with Gasteiger partial charge in [0, 0.05) is 0 Å². The predicted molar refractivity (Wildman–Crippen MR) is 79.2 cm³/mol. The maximum absolute atomic E-state index is 11.3. The third kappa shape index (κ3) is 2.30. The molecule has 19 heavy (non-hydrogen) atoms. The van der Waals surface area contributed by atoms with Gasteiger partial charge in [-0.15, -0.1) is 0 Å². The smallest absolute Gasteiger partial charge is 0.413 e. The van der Waals surface area contributed by atoms with Crippen LogP contribution in [0, 0.1) is 20.8 Å². The topological polar surface area (TPSA) is 51.2 Å². The second-order valence-electron chi connectivity index (χ2n) is 4.52. The van der Waals surface area contributed by atoms with E-state index in [1.165, 1.54) is 40.7 Å². The zero-order chi connectivity index (χ0) is 14.2. The standard InChI is InChI=1S/C14H18N2O2S/c1-6-10-8(3)7(2)9(4)11-12(10)19-13(15-11)16-14(17)18-5/h6H2,1-5H3,(H,15,16,17). The Labute approximate surface area is 116 Å². The molecule has 0 spiro atoms. The summed E-state index contributed by atoms with van der Waals surface area (Å²) in [5.41, 5.74) is 6.07. The maximum atomic E-state index is 11.3. The minimum atomic E-state index is -0.483. The molecule has 0 aliphatic carbocycles. The zero-order valence-corrected chi connectivity index (χ0v) is 12.7. The highest BCUT2D eigenvalue weighted by atomic mass is 32.1. The number of nitrogens with one attached hydrogen (secondary N) is 1. The summed E-state index contributed by atoms with van der Waals surface area (Å²) >= 11 is 1.51. The Hall–Kier alpha value is -1.62. The first-order valence-electron chi connectivity index (χ1n) is 6.23. The molecular weight excluding hydrogens is 260 g/mol. The number of rotatable bonds is 2. The van der Waals surface area contributed by atoms with Crippen molar-refractivity contribution < 1.29 is 9.53 Å². The van der Waals surface area contributed by atoms with E-state index in [4.69, 9.17) is 0 Å². The van der Waals surface area contributed by atoms with Crippen molar-refractivity contribution in [1.82, 2.24) is 4.98 Å². The molecular formula is C14H18N2O2S. The SMILES string of the molecule is CCc1c(C)c(C)c(C)c2nc(NC(=O)OC)sc12. The summed E-state index contributed by atoms with van der Waals surface area (Å²) in [7, 11) is 1.35. The lowest BCUT2D eigenvalue weighted by molar-refractivity contribution is 0.187. The highest BCUT2D eigenvalue weighted by Crippen LogP contribution is 2.35. The summed E-state index contributed by atoms with van der Waals surface area (Å²) in [5.74, 6) is 0. The molecule has 1 aromatic heterocycles. The molecule has 0 saturated heterocycles. The van der Waals surface area contributed by atoms with E-state index >= 15 is 0 Å². The predicted octanol–water partition coefficient (Wildman–Crippen LogP) is 3.96. The van der Waals surface area contributed by atoms with E-state index in [1.54, 1.807) is 0 Å². The minimum Gasteiger partial charge on any atom is -0.453 e. The van der Waals surface area contributed by atoms with Crippen LogP contribution in [0.3, 0.4) is 0 Å². The highest BCUT2D eigenvalue weighted by Gasteiger charge is 2.16. The van der Waals surface area contributed by atoms with Crippen LogP contribution in [0.4, 0.5) is 9.93 Å². The quantitative estimate of drug-likeness (QED) is 0.904. The summed E-state index contributed by atoms with van der Waals surface area (Å²) in [6.45, 7) is 8.49. The van der Waals surface area contributed by atoms with Crippen LogP contribution < -0.4 is 5.32 Å². The van der Waals surface area contributed by atoms with Gasteiger partial charge in [0.15, 0.2) is 5.13 Å². The normalized spacial score (nSPS) is 10.8. The number of anilines is 1. The molecule has 0 bridgehead atoms. The largest absolute Gasteiger partial charge is 0.453 e. The van der Waals surface area contributed by atoms with Crippen molar-refractivity contribution in [3.63, 3.8) is 0 Å². The number of ether oxygens (including phenoxy) is 1. The average molecular weight is 278 g/mol. The number of methoxy groups -OCH3 is 1. The van der Waals surface area contributed by atoms with Crippen molar-refractivity contribution in [2.45, 2.75) is 34.1 Å². The number of hydrogen-bond acceptors (Lipinski definition) is 4. The summed E-state index contributed by atoms with van der Waals surface area (Å²) in [4.78, 5) is 15.8. The van der Waals surface area contributed by atoms with Crippen LogP contribution >= 0.6 is 11.3 Å². The first kappa shape index (κ1) is 13.8. The fraction of sp³-hybridized carbons (Fsp3) is 0.429. The van der Waals surface area contributed by atoms with Crippen molar-refractivity contribution >= 4 is 32.8 Å². The molecule has 2 rings (SSSR count). The molecule has 5 heteroatoms. The van der Waals surface area contributed by atoms with Gasteiger partial charge >= 0.3 is 6.09 Å². The Morgan fingerprint density at radius 2 is 1.95 bits per heavy atom. The molecule has 0 unspecified atom stereocenters. The first-order chi connectivity index (χ1) is 8.99. The van der Waals surface area contributed by atoms with E-state index < -0.39 is 6.09 Å². The van der Waals surface area contributed by atoms with E-state index in [1.807, 2.05) is 0 Å². The second kappa shape index (κ2) is 5.17. The molecule has 0 atom stereocenters. The monoisotopic (exact) mass is 278 g/mol. The lowest BCUT2D eigenvalue weighted by Gasteiger charge is -2.11. The number of aromatic nitrogens is 1. The van der Waals surface area contributed by atoms with Crippen LogP contribution in [0.2, 0.25) is 0 Å². The molecule has 1 aromatic carbocycles. The summed E-state index contributed by atoms with van der Waals surface area (Å²) in [5, 5.41) is 3.23. The van der Waals surface area contributed by atoms with Gasteiger partial charge in [0.05, 0.1) is 17.3 Å². The number of hydrogen-bond donors (Lipinski definition) is 1. The van der Waals surface area contributed by atoms with Crippen molar-refractivity contribution in [3.8, 4) is 0 Å². The average Bonchev–Trinajstić information content (AvgIpc) is 2.80. The molecule has 2 aromatic rings. The first-order valence-corrected chi connectivity index (χ1v) is 7.05. The number of benzene rings is 1. The molecule has 0 fully saturated rings. The second-order valence-corrected chi connectivity index (χ2v) is 5.52. The third-order valence-electron chi connectivity index (χ3n) is 3.58. The minimum absolute atomic E-state index is 0.483. The van der Waals surface area contributed by atoms with Crippen LogP contribution in [0.15, 0.2) is 0 Å². The van der Waals surface area contributed by atoms with Gasteiger partial charge < -0.3 is 4.74 Å². The fourth-order valence-electron chi connectivity index (χ4n) is 2.25. The van der Waals surface area contributed by atoms with Crippen molar-refractivity contribution in [2.24, 2.45) is 0 Å². The van der Waals surface area contributed by atoms with Crippen LogP contribution in [0.1, 0.15) is 29.2 Å². The van der Waals surface area contributed by atoms with Gasteiger partial charge in [-0.1, -0.05) is 18.3 Å². The Morgan fingerprint density at radius 3 is 2.53 bits per heavy atom. The van der Waals surface area contributed by atoms with E-state index in [2.05, 4.69) is 42.7 Å². The van der Waals surface area contributed by atoms with Crippen LogP contribution in [-0.2, 0) is 11.2 Å². The Balaban J connectivity index is 2.64. The van der Waals surface area contributed by atoms with Gasteiger partial charge in [-0.25, -0.2) is 9.78 Å². The van der Waals surface area contributed by atoms with Gasteiger partial charge in [0.2, 0.25) is 0 Å². The lowest BCUT2D eigenvalue weighted by Crippen LogP contribution is -2.10. The molecule has 4 nitrogen and oxygen atoms in total. The van der Waals surface area contributed by atoms with E-state index in [9.17, 15) is 4.79 Å². The van der Waals surface area contributed by atoms with Crippen molar-refractivity contribution in [2.75, 3.05) is 12.4 Å². The molecule has 1 amide bonds. The van der Waals surface area contributed by atoms with Crippen molar-refractivity contribution in [1.29, 1.82) is 0 Å². The van der Waals surface area contributed by atoms with E-state index in [-0.39, 0.29) is 0 Å². The number of fused-ring (bicyclic) bond motifs is 1. The number of carbonyl (C=O) groups is 1. The Bertz CT molecular complexity index is 647. The summed E-state index contributed by atoms with van der Waals surface area (Å²) in [6, 6.07) is 0. The van der Waals surface area contributed by atoms with Gasteiger partial charge in [-0.2, -0.15) is 0 Å². The Morgan fingerprint density at radius 1 is 1.26 bits per heavy atom. The molecule has 102 valence electrons. The maximum Gasteiger partial charge on any atom is 0.413 e. The van der Waals surface area contributed by atoms with Crippen LogP contribution in [-0.4, -0.2) is 18.2 Å². The number of amides is 1. The highest BCUT2D eigenvalue weighted by molar-refractivity contribution is 7.22. The number of thiazole rings is 1. The molecule has 0 aliphatic rings. The van der Waals surface area contributed by atoms with Gasteiger partial charge in [-0.3, -0.25) is 5.32 Å². The Kier molecular flexibility index (Phi) is 3.75.